The minimum Gasteiger partial charge on any atom is -0.507 e. The molecule has 5 rings (SSSR count). The van der Waals surface area contributed by atoms with Gasteiger partial charge in [-0.3, -0.25) is 9.59 Å². The molecule has 0 unspecified atom stereocenters. The maximum Gasteiger partial charge on any atom is 0.295 e. The Kier molecular flexibility index (Phi) is 6.51. The number of aliphatic hydroxyl groups excluding tert-OH is 1. The third kappa shape index (κ3) is 4.47. The van der Waals surface area contributed by atoms with E-state index in [2.05, 4.69) is 0 Å². The molecule has 6 heteroatoms. The Balaban J connectivity index is 1.61. The van der Waals surface area contributed by atoms with Gasteiger partial charge < -0.3 is 19.5 Å². The lowest BCUT2D eigenvalue weighted by atomic mass is 9.94. The quantitative estimate of drug-likeness (QED) is 0.276. The van der Waals surface area contributed by atoms with E-state index >= 15 is 0 Å². The van der Waals surface area contributed by atoms with Crippen molar-refractivity contribution >= 4 is 17.4 Å². The maximum absolute atomic E-state index is 13.4. The second-order valence-corrected chi connectivity index (χ2v) is 9.29. The van der Waals surface area contributed by atoms with Crippen LogP contribution in [-0.2, 0) is 22.6 Å². The van der Waals surface area contributed by atoms with E-state index in [1.54, 1.807) is 6.07 Å². The normalized spacial score (nSPS) is 20.3. The van der Waals surface area contributed by atoms with Gasteiger partial charge in [-0.05, 0) is 60.4 Å². The summed E-state index contributed by atoms with van der Waals surface area (Å²) < 4.78 is 11.6. The Labute approximate surface area is 210 Å². The topological polar surface area (TPSA) is 76.1 Å². The van der Waals surface area contributed by atoms with Crippen LogP contribution in [0.5, 0.6) is 11.5 Å². The number of likely N-dealkylation sites (tertiary alicyclic amines) is 1. The van der Waals surface area contributed by atoms with Gasteiger partial charge in [0.05, 0.1) is 18.2 Å². The highest BCUT2D eigenvalue weighted by molar-refractivity contribution is 6.46. The fourth-order valence-electron chi connectivity index (χ4n) is 4.89. The van der Waals surface area contributed by atoms with Crippen molar-refractivity contribution in [1.82, 2.24) is 4.90 Å². The van der Waals surface area contributed by atoms with E-state index < -0.39 is 17.7 Å². The number of ether oxygens (including phenoxy) is 2. The van der Waals surface area contributed by atoms with Crippen LogP contribution in [0, 0.1) is 0 Å². The van der Waals surface area contributed by atoms with Crippen molar-refractivity contribution in [3.05, 3.63) is 101 Å². The molecule has 2 aliphatic heterocycles. The number of Topliss-reactive ketones (excluding diaryl/α,β-unsaturated/α-hetero) is 1. The molecule has 1 fully saturated rings. The van der Waals surface area contributed by atoms with Crippen molar-refractivity contribution in [3.8, 4) is 11.5 Å². The van der Waals surface area contributed by atoms with Gasteiger partial charge in [-0.15, -0.1) is 0 Å². The van der Waals surface area contributed by atoms with Crippen LogP contribution in [0.2, 0.25) is 0 Å². The Morgan fingerprint density at radius 1 is 1.06 bits per heavy atom. The van der Waals surface area contributed by atoms with E-state index in [9.17, 15) is 14.7 Å². The molecular formula is C30H29NO5. The molecule has 6 nitrogen and oxygen atoms in total. The molecule has 0 bridgehead atoms. The highest BCUT2D eigenvalue weighted by Gasteiger charge is 2.46. The highest BCUT2D eigenvalue weighted by atomic mass is 16.5. The summed E-state index contributed by atoms with van der Waals surface area (Å²) in [6.07, 6.45) is 1.64. The molecule has 2 atom stereocenters. The first kappa shape index (κ1) is 23.7. The van der Waals surface area contributed by atoms with Crippen molar-refractivity contribution in [2.24, 2.45) is 0 Å². The van der Waals surface area contributed by atoms with Crippen molar-refractivity contribution in [1.29, 1.82) is 0 Å². The number of rotatable bonds is 7. The first-order valence-electron chi connectivity index (χ1n) is 12.3. The minimum absolute atomic E-state index is 0.0553. The maximum atomic E-state index is 13.4. The summed E-state index contributed by atoms with van der Waals surface area (Å²) in [4.78, 5) is 28.2. The van der Waals surface area contributed by atoms with Gasteiger partial charge in [0, 0.05) is 18.5 Å². The van der Waals surface area contributed by atoms with E-state index in [0.717, 1.165) is 29.7 Å². The van der Waals surface area contributed by atoms with Crippen molar-refractivity contribution < 1.29 is 24.2 Å². The van der Waals surface area contributed by atoms with E-state index in [-0.39, 0.29) is 24.0 Å². The van der Waals surface area contributed by atoms with Crippen LogP contribution in [0.15, 0.2) is 78.4 Å². The lowest BCUT2D eigenvalue weighted by Gasteiger charge is -2.26. The van der Waals surface area contributed by atoms with Crippen LogP contribution >= 0.6 is 0 Å². The van der Waals surface area contributed by atoms with E-state index in [0.29, 0.717) is 23.5 Å². The van der Waals surface area contributed by atoms with Gasteiger partial charge in [0.15, 0.2) is 0 Å². The number of carbonyl (C=O) groups is 2. The zero-order chi connectivity index (χ0) is 25.2. The molecule has 1 amide bonds. The van der Waals surface area contributed by atoms with Gasteiger partial charge >= 0.3 is 0 Å². The summed E-state index contributed by atoms with van der Waals surface area (Å²) in [5.74, 6) is -0.0813. The monoisotopic (exact) mass is 483 g/mol. The molecule has 1 saturated heterocycles. The standard InChI is InChI=1S/C30H29NO5/c1-3-14-35-24-11-7-10-21(17-24)27-26(28(32)22-12-13-25-23(16-22)15-19(2)36-25)29(33)30(34)31(27)18-20-8-5-4-6-9-20/h4-13,16-17,19,27,32H,3,14-15,18H2,1-2H3/b28-26+/t19-,27+/m1/s1. The fraction of sp³-hybridized carbons (Fsp3) is 0.267. The second-order valence-electron chi connectivity index (χ2n) is 9.29. The summed E-state index contributed by atoms with van der Waals surface area (Å²) in [5, 5.41) is 11.4. The summed E-state index contributed by atoms with van der Waals surface area (Å²) in [6, 6.07) is 21.6. The molecule has 0 aromatic heterocycles. The number of hydrogen-bond donors (Lipinski definition) is 1. The molecule has 2 aliphatic rings. The molecule has 0 saturated carbocycles. The van der Waals surface area contributed by atoms with Gasteiger partial charge in [0.1, 0.15) is 23.4 Å². The highest BCUT2D eigenvalue weighted by Crippen LogP contribution is 2.42. The van der Waals surface area contributed by atoms with Crippen LogP contribution in [0.25, 0.3) is 5.76 Å². The lowest BCUT2D eigenvalue weighted by Crippen LogP contribution is -2.29. The number of aliphatic hydroxyl groups is 1. The molecule has 0 spiro atoms. The fourth-order valence-corrected chi connectivity index (χ4v) is 4.89. The Bertz CT molecular complexity index is 1330. The number of benzene rings is 3. The number of nitrogens with zero attached hydrogens (tertiary/aromatic N) is 1. The van der Waals surface area contributed by atoms with Crippen molar-refractivity contribution in [3.63, 3.8) is 0 Å². The predicted octanol–water partition coefficient (Wildman–Crippen LogP) is 5.42. The van der Waals surface area contributed by atoms with Gasteiger partial charge in [0.25, 0.3) is 11.7 Å². The molecule has 3 aromatic carbocycles. The molecule has 1 N–H and O–H groups in total. The molecule has 2 heterocycles. The first-order chi connectivity index (χ1) is 17.5. The van der Waals surface area contributed by atoms with Crippen LogP contribution in [0.1, 0.15) is 48.6 Å². The minimum atomic E-state index is -0.751. The van der Waals surface area contributed by atoms with Gasteiger partial charge in [-0.1, -0.05) is 49.4 Å². The first-order valence-corrected chi connectivity index (χ1v) is 12.3. The van der Waals surface area contributed by atoms with Crippen molar-refractivity contribution in [2.75, 3.05) is 6.61 Å². The summed E-state index contributed by atoms with van der Waals surface area (Å²) in [7, 11) is 0. The number of hydrogen-bond acceptors (Lipinski definition) is 5. The number of fused-ring (bicyclic) bond motifs is 1. The molecule has 3 aromatic rings. The van der Waals surface area contributed by atoms with E-state index in [1.807, 2.05) is 80.6 Å². The summed E-state index contributed by atoms with van der Waals surface area (Å²) >= 11 is 0. The number of ketones is 1. The van der Waals surface area contributed by atoms with Crippen LogP contribution in [-0.4, -0.2) is 34.4 Å². The SMILES string of the molecule is CCCOc1cccc([C@H]2/C(=C(\O)c3ccc4c(c3)C[C@@H](C)O4)C(=O)C(=O)N2Cc2ccccc2)c1. The molecule has 0 radical (unpaired) electrons. The number of carbonyl (C=O) groups excluding carboxylic acids is 2. The molecular weight excluding hydrogens is 454 g/mol. The van der Waals surface area contributed by atoms with Crippen LogP contribution < -0.4 is 9.47 Å². The van der Waals surface area contributed by atoms with E-state index in [4.69, 9.17) is 9.47 Å². The molecule has 36 heavy (non-hydrogen) atoms. The Morgan fingerprint density at radius 2 is 1.86 bits per heavy atom. The third-order valence-corrected chi connectivity index (χ3v) is 6.55. The predicted molar refractivity (Wildman–Crippen MR) is 137 cm³/mol. The van der Waals surface area contributed by atoms with Gasteiger partial charge in [-0.2, -0.15) is 0 Å². The lowest BCUT2D eigenvalue weighted by molar-refractivity contribution is -0.140. The number of amides is 1. The average Bonchev–Trinajstić information content (AvgIpc) is 3.39. The van der Waals surface area contributed by atoms with Crippen LogP contribution in [0.4, 0.5) is 0 Å². The van der Waals surface area contributed by atoms with Crippen LogP contribution in [0.3, 0.4) is 0 Å². The van der Waals surface area contributed by atoms with Gasteiger partial charge in [0.2, 0.25) is 0 Å². The smallest absolute Gasteiger partial charge is 0.295 e. The Morgan fingerprint density at radius 3 is 2.64 bits per heavy atom. The van der Waals surface area contributed by atoms with E-state index in [1.165, 1.54) is 4.90 Å². The largest absolute Gasteiger partial charge is 0.507 e. The van der Waals surface area contributed by atoms with Crippen molar-refractivity contribution in [2.45, 2.75) is 45.4 Å². The second kappa shape index (κ2) is 9.90. The zero-order valence-electron chi connectivity index (χ0n) is 20.4. The zero-order valence-corrected chi connectivity index (χ0v) is 20.4. The summed E-state index contributed by atoms with van der Waals surface area (Å²) in [5.41, 5.74) is 3.14. The van der Waals surface area contributed by atoms with Gasteiger partial charge in [-0.25, -0.2) is 0 Å². The molecule has 0 aliphatic carbocycles. The third-order valence-electron chi connectivity index (χ3n) is 6.55. The average molecular weight is 484 g/mol. The Hall–Kier alpha value is -4.06. The summed E-state index contributed by atoms with van der Waals surface area (Å²) in [6.45, 7) is 4.81. The molecule has 184 valence electrons.